The largest absolute Gasteiger partial charge is 0.452 e. The number of hydrogen-bond acceptors (Lipinski definition) is 5. The van der Waals surface area contributed by atoms with Gasteiger partial charge in [0.2, 0.25) is 10.0 Å². The van der Waals surface area contributed by atoms with Gasteiger partial charge in [0, 0.05) is 29.7 Å². The van der Waals surface area contributed by atoms with Crippen LogP contribution in [0.2, 0.25) is 0 Å². The number of thioether (sulfide) groups is 1. The third kappa shape index (κ3) is 3.41. The molecule has 2 heterocycles. The molecule has 5 nitrogen and oxygen atoms in total. The first-order valence-electron chi connectivity index (χ1n) is 6.43. The highest BCUT2D eigenvalue weighted by atomic mass is 79.9. The van der Waals surface area contributed by atoms with Gasteiger partial charge in [-0.15, -0.1) is 0 Å². The Morgan fingerprint density at radius 3 is 2.60 bits per heavy atom. The first kappa shape index (κ1) is 16.4. The van der Waals surface area contributed by atoms with Gasteiger partial charge in [0.15, 0.2) is 4.67 Å². The van der Waals surface area contributed by atoms with Gasteiger partial charge in [-0.1, -0.05) is 13.8 Å². The summed E-state index contributed by atoms with van der Waals surface area (Å²) in [6, 6.07) is 1.59. The molecule has 8 heteroatoms. The van der Waals surface area contributed by atoms with E-state index < -0.39 is 10.0 Å². The average Bonchev–Trinajstić information content (AvgIpc) is 2.70. The van der Waals surface area contributed by atoms with Crippen LogP contribution >= 0.6 is 27.7 Å². The molecule has 0 saturated carbocycles. The summed E-state index contributed by atoms with van der Waals surface area (Å²) in [6.07, 6.45) is 0. The second-order valence-electron chi connectivity index (χ2n) is 4.96. The maximum atomic E-state index is 12.7. The molecule has 114 valence electrons. The van der Waals surface area contributed by atoms with E-state index >= 15 is 0 Å². The highest BCUT2D eigenvalue weighted by molar-refractivity contribution is 9.10. The van der Waals surface area contributed by atoms with Crippen LogP contribution in [0.1, 0.15) is 19.6 Å². The first-order chi connectivity index (χ1) is 9.34. The number of sulfonamides is 1. The van der Waals surface area contributed by atoms with Crippen LogP contribution in [-0.2, 0) is 16.6 Å². The number of halogens is 1. The van der Waals surface area contributed by atoms with Gasteiger partial charge in [0.05, 0.1) is 6.54 Å². The second-order valence-corrected chi connectivity index (χ2v) is 9.47. The molecule has 0 amide bonds. The zero-order valence-corrected chi connectivity index (χ0v) is 14.9. The summed E-state index contributed by atoms with van der Waals surface area (Å²) in [5.74, 6) is 0.602. The highest BCUT2D eigenvalue weighted by Crippen LogP contribution is 2.33. The summed E-state index contributed by atoms with van der Waals surface area (Å²) in [7, 11) is -1.72. The van der Waals surface area contributed by atoms with Crippen LogP contribution in [0.4, 0.5) is 0 Å². The van der Waals surface area contributed by atoms with E-state index in [0.29, 0.717) is 35.9 Å². The van der Waals surface area contributed by atoms with Crippen molar-refractivity contribution in [3.05, 3.63) is 16.5 Å². The van der Waals surface area contributed by atoms with Gasteiger partial charge < -0.3 is 9.73 Å². The Morgan fingerprint density at radius 1 is 1.45 bits per heavy atom. The Hall–Kier alpha value is -0.0200. The van der Waals surface area contributed by atoms with Gasteiger partial charge in [-0.2, -0.15) is 16.1 Å². The normalized spacial score (nSPS) is 25.0. The minimum Gasteiger partial charge on any atom is -0.452 e. The summed E-state index contributed by atoms with van der Waals surface area (Å²) < 4.78 is 32.7. The monoisotopic (exact) mass is 382 g/mol. The van der Waals surface area contributed by atoms with E-state index in [1.807, 2.05) is 11.8 Å². The van der Waals surface area contributed by atoms with Crippen LogP contribution in [0.15, 0.2) is 20.0 Å². The Balaban J connectivity index is 2.30. The minimum atomic E-state index is -3.50. The minimum absolute atomic E-state index is 0.217. The predicted octanol–water partition coefficient (Wildman–Crippen LogP) is 2.28. The third-order valence-corrected chi connectivity index (χ3v) is 6.98. The van der Waals surface area contributed by atoms with Crippen LogP contribution in [0.5, 0.6) is 0 Å². The molecular formula is C12H19BrN2O3S2. The smallest absolute Gasteiger partial charge is 0.247 e. The van der Waals surface area contributed by atoms with Crippen LogP contribution in [-0.4, -0.2) is 43.4 Å². The van der Waals surface area contributed by atoms with E-state index in [0.717, 1.165) is 0 Å². The van der Waals surface area contributed by atoms with E-state index in [-0.39, 0.29) is 9.56 Å². The van der Waals surface area contributed by atoms with Crippen LogP contribution < -0.4 is 5.32 Å². The molecular weight excluding hydrogens is 364 g/mol. The Bertz CT molecular complexity index is 563. The standard InChI is InChI=1S/C12H19BrN2O3S2/c1-8-6-15(7-9(2)19-8)20(16,17)11-4-10(5-14-3)18-12(11)13/h4,8-9,14H,5-7H2,1-3H3. The zero-order chi connectivity index (χ0) is 14.9. The van der Waals surface area contributed by atoms with Crippen molar-refractivity contribution < 1.29 is 12.8 Å². The van der Waals surface area contributed by atoms with Crippen molar-refractivity contribution in [2.75, 3.05) is 20.1 Å². The van der Waals surface area contributed by atoms with Gasteiger partial charge >= 0.3 is 0 Å². The highest BCUT2D eigenvalue weighted by Gasteiger charge is 2.34. The summed E-state index contributed by atoms with van der Waals surface area (Å²) >= 11 is 5.04. The molecule has 1 saturated heterocycles. The van der Waals surface area contributed by atoms with Crippen molar-refractivity contribution in [2.24, 2.45) is 0 Å². The van der Waals surface area contributed by atoms with Gasteiger partial charge in [-0.3, -0.25) is 0 Å². The van der Waals surface area contributed by atoms with Crippen molar-refractivity contribution in [3.63, 3.8) is 0 Å². The zero-order valence-electron chi connectivity index (χ0n) is 11.7. The van der Waals surface area contributed by atoms with Crippen molar-refractivity contribution >= 4 is 37.7 Å². The van der Waals surface area contributed by atoms with E-state index in [1.54, 1.807) is 17.4 Å². The molecule has 0 spiro atoms. The fourth-order valence-corrected chi connectivity index (χ4v) is 6.39. The van der Waals surface area contributed by atoms with Gasteiger partial charge in [-0.05, 0) is 23.0 Å². The average molecular weight is 383 g/mol. The summed E-state index contributed by atoms with van der Waals surface area (Å²) in [4.78, 5) is 0.217. The van der Waals surface area contributed by atoms with Crippen molar-refractivity contribution in [1.82, 2.24) is 9.62 Å². The fraction of sp³-hybridized carbons (Fsp3) is 0.667. The second kappa shape index (κ2) is 6.39. The summed E-state index contributed by atoms with van der Waals surface area (Å²) in [5, 5.41) is 3.55. The molecule has 0 aliphatic carbocycles. The molecule has 2 atom stereocenters. The van der Waals surface area contributed by atoms with E-state index in [4.69, 9.17) is 4.42 Å². The van der Waals surface area contributed by atoms with Gasteiger partial charge in [0.1, 0.15) is 10.7 Å². The Morgan fingerprint density at radius 2 is 2.05 bits per heavy atom. The molecule has 1 fully saturated rings. The van der Waals surface area contributed by atoms with Crippen LogP contribution in [0.25, 0.3) is 0 Å². The first-order valence-corrected chi connectivity index (χ1v) is 9.60. The summed E-state index contributed by atoms with van der Waals surface area (Å²) in [6.45, 7) is 5.68. The fourth-order valence-electron chi connectivity index (χ4n) is 2.30. The number of nitrogens with zero attached hydrogens (tertiary/aromatic N) is 1. The summed E-state index contributed by atoms with van der Waals surface area (Å²) in [5.41, 5.74) is 0. The predicted molar refractivity (Wildman–Crippen MR) is 84.4 cm³/mol. The van der Waals surface area contributed by atoms with Crippen molar-refractivity contribution in [1.29, 1.82) is 0 Å². The quantitative estimate of drug-likeness (QED) is 0.865. The molecule has 0 bridgehead atoms. The lowest BCUT2D eigenvalue weighted by molar-refractivity contribution is 0.402. The van der Waals surface area contributed by atoms with Crippen LogP contribution in [0, 0.1) is 0 Å². The molecule has 1 aromatic heterocycles. The van der Waals surface area contributed by atoms with Gasteiger partial charge in [-0.25, -0.2) is 8.42 Å². The molecule has 1 aromatic rings. The maximum Gasteiger partial charge on any atom is 0.247 e. The van der Waals surface area contributed by atoms with Crippen molar-refractivity contribution in [2.45, 2.75) is 35.8 Å². The number of rotatable bonds is 4. The van der Waals surface area contributed by atoms with E-state index in [9.17, 15) is 8.42 Å². The lowest BCUT2D eigenvalue weighted by atomic mass is 10.4. The number of nitrogens with one attached hydrogen (secondary N) is 1. The lowest BCUT2D eigenvalue weighted by Crippen LogP contribution is -2.43. The van der Waals surface area contributed by atoms with E-state index in [2.05, 4.69) is 35.1 Å². The van der Waals surface area contributed by atoms with Crippen LogP contribution in [0.3, 0.4) is 0 Å². The topological polar surface area (TPSA) is 62.6 Å². The Kier molecular flexibility index (Phi) is 5.23. The van der Waals surface area contributed by atoms with E-state index in [1.165, 1.54) is 0 Å². The molecule has 1 aliphatic heterocycles. The molecule has 0 aromatic carbocycles. The maximum absolute atomic E-state index is 12.7. The molecule has 1 aliphatic rings. The molecule has 20 heavy (non-hydrogen) atoms. The Labute approximate surface area is 132 Å². The molecule has 2 rings (SSSR count). The number of furan rings is 1. The number of hydrogen-bond donors (Lipinski definition) is 1. The lowest BCUT2D eigenvalue weighted by Gasteiger charge is -2.33. The SMILES string of the molecule is CNCc1cc(S(=O)(=O)N2CC(C)SC(C)C2)c(Br)o1. The third-order valence-electron chi connectivity index (χ3n) is 3.06. The molecule has 0 radical (unpaired) electrons. The molecule has 1 N–H and O–H groups in total. The van der Waals surface area contributed by atoms with Crippen molar-refractivity contribution in [3.8, 4) is 0 Å². The van der Waals surface area contributed by atoms with Gasteiger partial charge in [0.25, 0.3) is 0 Å². The molecule has 2 unspecified atom stereocenters.